The van der Waals surface area contributed by atoms with Gasteiger partial charge in [-0.1, -0.05) is 51.2 Å². The molecule has 0 atom stereocenters. The first-order valence-corrected chi connectivity index (χ1v) is 7.33. The minimum atomic E-state index is -0.0584. The van der Waals surface area contributed by atoms with E-state index in [1.807, 2.05) is 6.07 Å². The highest BCUT2D eigenvalue weighted by molar-refractivity contribution is 5.82. The Hall–Kier alpha value is -1.84. The molecule has 0 bridgehead atoms. The Balaban J connectivity index is 2.13. The fraction of sp³-hybridized carbons (Fsp3) is 0.500. The van der Waals surface area contributed by atoms with Gasteiger partial charge in [0.05, 0.1) is 6.21 Å². The number of unbranched alkanes of at least 4 members (excludes halogenated alkanes) is 5. The SMILES string of the molecule is CCCCCCCCC(=O)N/N=C/c1cccc(O)c1. The van der Waals surface area contributed by atoms with Crippen LogP contribution in [-0.4, -0.2) is 17.2 Å². The molecule has 0 saturated carbocycles. The number of nitrogens with zero attached hydrogens (tertiary/aromatic N) is 1. The summed E-state index contributed by atoms with van der Waals surface area (Å²) in [7, 11) is 0. The number of phenols is 1. The van der Waals surface area contributed by atoms with Crippen molar-refractivity contribution < 1.29 is 9.90 Å². The molecule has 0 unspecified atom stereocenters. The zero-order valence-electron chi connectivity index (χ0n) is 12.1. The van der Waals surface area contributed by atoms with Gasteiger partial charge in [0.1, 0.15) is 5.75 Å². The molecule has 0 aliphatic rings. The van der Waals surface area contributed by atoms with E-state index in [0.29, 0.717) is 6.42 Å². The summed E-state index contributed by atoms with van der Waals surface area (Å²) in [5, 5.41) is 13.2. The molecule has 0 aliphatic heterocycles. The van der Waals surface area contributed by atoms with Gasteiger partial charge in [-0.05, 0) is 24.1 Å². The summed E-state index contributed by atoms with van der Waals surface area (Å²) >= 11 is 0. The van der Waals surface area contributed by atoms with Crippen molar-refractivity contribution in [2.75, 3.05) is 0 Å². The minimum Gasteiger partial charge on any atom is -0.508 e. The number of benzene rings is 1. The highest BCUT2D eigenvalue weighted by Gasteiger charge is 1.99. The summed E-state index contributed by atoms with van der Waals surface area (Å²) in [6.07, 6.45) is 9.04. The molecule has 1 rings (SSSR count). The molecule has 0 spiro atoms. The van der Waals surface area contributed by atoms with Gasteiger partial charge in [0.15, 0.2) is 0 Å². The van der Waals surface area contributed by atoms with Gasteiger partial charge in [-0.3, -0.25) is 4.79 Å². The highest BCUT2D eigenvalue weighted by Crippen LogP contribution is 2.09. The number of carbonyl (C=O) groups excluding carboxylic acids is 1. The molecule has 0 saturated heterocycles. The molecule has 20 heavy (non-hydrogen) atoms. The molecule has 1 aromatic rings. The van der Waals surface area contributed by atoms with Gasteiger partial charge >= 0.3 is 0 Å². The molecule has 0 fully saturated rings. The Morgan fingerprint density at radius 1 is 1.25 bits per heavy atom. The van der Waals surface area contributed by atoms with Crippen LogP contribution in [0.4, 0.5) is 0 Å². The second-order valence-corrected chi connectivity index (χ2v) is 4.91. The minimum absolute atomic E-state index is 0.0584. The van der Waals surface area contributed by atoms with Gasteiger partial charge in [0.25, 0.3) is 0 Å². The summed E-state index contributed by atoms with van der Waals surface area (Å²) in [6, 6.07) is 6.72. The zero-order chi connectivity index (χ0) is 14.6. The van der Waals surface area contributed by atoms with Crippen LogP contribution in [0.3, 0.4) is 0 Å². The molecule has 0 aromatic heterocycles. The zero-order valence-corrected chi connectivity index (χ0v) is 12.1. The van der Waals surface area contributed by atoms with Crippen LogP contribution in [0.5, 0.6) is 5.75 Å². The lowest BCUT2D eigenvalue weighted by Gasteiger charge is -2.01. The second kappa shape index (κ2) is 10.0. The fourth-order valence-electron chi connectivity index (χ4n) is 1.91. The molecule has 4 nitrogen and oxygen atoms in total. The molecule has 110 valence electrons. The maximum absolute atomic E-state index is 11.5. The van der Waals surface area contributed by atoms with Gasteiger partial charge in [0.2, 0.25) is 5.91 Å². The summed E-state index contributed by atoms with van der Waals surface area (Å²) in [6.45, 7) is 2.19. The van der Waals surface area contributed by atoms with E-state index in [1.165, 1.54) is 31.9 Å². The molecule has 1 amide bonds. The molecular weight excluding hydrogens is 252 g/mol. The molecule has 0 heterocycles. The standard InChI is InChI=1S/C16H24N2O2/c1-2-3-4-5-6-7-11-16(20)18-17-13-14-9-8-10-15(19)12-14/h8-10,12-13,19H,2-7,11H2,1H3,(H,18,20)/b17-13+. The maximum atomic E-state index is 11.5. The van der Waals surface area contributed by atoms with Gasteiger partial charge in [0, 0.05) is 6.42 Å². The lowest BCUT2D eigenvalue weighted by Crippen LogP contribution is -2.16. The first-order valence-electron chi connectivity index (χ1n) is 7.33. The van der Waals surface area contributed by atoms with Crippen LogP contribution < -0.4 is 5.43 Å². The number of hydrogen-bond acceptors (Lipinski definition) is 3. The Kier molecular flexibility index (Phi) is 8.11. The average Bonchev–Trinajstić information content (AvgIpc) is 2.43. The smallest absolute Gasteiger partial charge is 0.240 e. The number of amides is 1. The van der Waals surface area contributed by atoms with E-state index >= 15 is 0 Å². The average molecular weight is 276 g/mol. The predicted octanol–water partition coefficient (Wildman–Crippen LogP) is 3.59. The summed E-state index contributed by atoms with van der Waals surface area (Å²) in [5.74, 6) is 0.129. The Bertz CT molecular complexity index is 430. The molecular formula is C16H24N2O2. The van der Waals surface area contributed by atoms with Crippen molar-refractivity contribution in [3.05, 3.63) is 29.8 Å². The first kappa shape index (κ1) is 16.2. The van der Waals surface area contributed by atoms with E-state index in [2.05, 4.69) is 17.5 Å². The van der Waals surface area contributed by atoms with Crippen molar-refractivity contribution >= 4 is 12.1 Å². The van der Waals surface area contributed by atoms with Crippen LogP contribution in [0.1, 0.15) is 57.4 Å². The number of aromatic hydroxyl groups is 1. The van der Waals surface area contributed by atoms with Gasteiger partial charge in [-0.25, -0.2) is 5.43 Å². The van der Waals surface area contributed by atoms with Crippen molar-refractivity contribution in [1.82, 2.24) is 5.43 Å². The number of nitrogens with one attached hydrogen (secondary N) is 1. The summed E-state index contributed by atoms with van der Waals surface area (Å²) < 4.78 is 0. The predicted molar refractivity (Wildman–Crippen MR) is 81.8 cm³/mol. The number of carbonyl (C=O) groups is 1. The van der Waals surface area contributed by atoms with E-state index in [0.717, 1.165) is 18.4 Å². The van der Waals surface area contributed by atoms with Crippen LogP contribution in [0.15, 0.2) is 29.4 Å². The number of rotatable bonds is 9. The van der Waals surface area contributed by atoms with Crippen molar-refractivity contribution in [2.24, 2.45) is 5.10 Å². The van der Waals surface area contributed by atoms with Crippen molar-refractivity contribution in [3.63, 3.8) is 0 Å². The van der Waals surface area contributed by atoms with Crippen LogP contribution in [0.2, 0.25) is 0 Å². The largest absolute Gasteiger partial charge is 0.508 e. The Labute approximate surface area is 120 Å². The van der Waals surface area contributed by atoms with E-state index in [-0.39, 0.29) is 11.7 Å². The lowest BCUT2D eigenvalue weighted by molar-refractivity contribution is -0.121. The van der Waals surface area contributed by atoms with Crippen LogP contribution in [0, 0.1) is 0 Å². The number of phenolic OH excluding ortho intramolecular Hbond substituents is 1. The topological polar surface area (TPSA) is 61.7 Å². The number of hydrazone groups is 1. The molecule has 4 heteroatoms. The van der Waals surface area contributed by atoms with Crippen LogP contribution in [-0.2, 0) is 4.79 Å². The monoisotopic (exact) mass is 276 g/mol. The van der Waals surface area contributed by atoms with E-state index in [4.69, 9.17) is 0 Å². The molecule has 0 aliphatic carbocycles. The Morgan fingerprint density at radius 2 is 2.00 bits per heavy atom. The molecule has 1 aromatic carbocycles. The second-order valence-electron chi connectivity index (χ2n) is 4.91. The lowest BCUT2D eigenvalue weighted by atomic mass is 10.1. The van der Waals surface area contributed by atoms with Gasteiger partial charge in [-0.15, -0.1) is 0 Å². The highest BCUT2D eigenvalue weighted by atomic mass is 16.3. The van der Waals surface area contributed by atoms with E-state index in [1.54, 1.807) is 18.2 Å². The van der Waals surface area contributed by atoms with Crippen LogP contribution in [0.25, 0.3) is 0 Å². The number of hydrogen-bond donors (Lipinski definition) is 2. The third-order valence-electron chi connectivity index (χ3n) is 3.03. The summed E-state index contributed by atoms with van der Waals surface area (Å²) in [4.78, 5) is 11.5. The van der Waals surface area contributed by atoms with Crippen LogP contribution >= 0.6 is 0 Å². The Morgan fingerprint density at radius 3 is 2.75 bits per heavy atom. The van der Waals surface area contributed by atoms with Crippen molar-refractivity contribution in [2.45, 2.75) is 51.9 Å². The maximum Gasteiger partial charge on any atom is 0.240 e. The molecule has 2 N–H and O–H groups in total. The third kappa shape index (κ3) is 7.56. The fourth-order valence-corrected chi connectivity index (χ4v) is 1.91. The quantitative estimate of drug-likeness (QED) is 0.411. The van der Waals surface area contributed by atoms with E-state index in [9.17, 15) is 9.90 Å². The third-order valence-corrected chi connectivity index (χ3v) is 3.03. The van der Waals surface area contributed by atoms with Gasteiger partial charge < -0.3 is 5.11 Å². The summed E-state index contributed by atoms with van der Waals surface area (Å²) in [5.41, 5.74) is 3.26. The van der Waals surface area contributed by atoms with Gasteiger partial charge in [-0.2, -0.15) is 5.10 Å². The van der Waals surface area contributed by atoms with E-state index < -0.39 is 0 Å². The molecule has 0 radical (unpaired) electrons. The normalized spacial score (nSPS) is 10.8. The first-order chi connectivity index (χ1) is 9.72. The van der Waals surface area contributed by atoms with Crippen molar-refractivity contribution in [1.29, 1.82) is 0 Å². The van der Waals surface area contributed by atoms with Crippen molar-refractivity contribution in [3.8, 4) is 5.75 Å².